The first kappa shape index (κ1) is 18.7. The minimum atomic E-state index is -0.375. The number of hydrogen-bond acceptors (Lipinski definition) is 4. The van der Waals surface area contributed by atoms with Crippen molar-refractivity contribution in [1.29, 1.82) is 0 Å². The summed E-state index contributed by atoms with van der Waals surface area (Å²) in [5.74, 6) is 0.324. The fraction of sp³-hybridized carbons (Fsp3) is 0.350. The average Bonchev–Trinajstić information content (AvgIpc) is 2.70. The zero-order valence-corrected chi connectivity index (χ0v) is 15.7. The summed E-state index contributed by atoms with van der Waals surface area (Å²) in [6.45, 7) is 5.31. The molecule has 0 aliphatic carbocycles. The maximum absolute atomic E-state index is 12.7. The van der Waals surface area contributed by atoms with Crippen molar-refractivity contribution in [2.24, 2.45) is 0 Å². The van der Waals surface area contributed by atoms with E-state index in [1.165, 1.54) is 0 Å². The van der Waals surface area contributed by atoms with E-state index >= 15 is 0 Å². The number of amides is 2. The van der Waals surface area contributed by atoms with Crippen molar-refractivity contribution in [2.75, 3.05) is 33.3 Å². The molecule has 1 aromatic heterocycles. The lowest BCUT2D eigenvalue weighted by molar-refractivity contribution is 0.0534. The summed E-state index contributed by atoms with van der Waals surface area (Å²) >= 11 is 0. The molecule has 2 aromatic rings. The maximum Gasteiger partial charge on any atom is 0.261 e. The van der Waals surface area contributed by atoms with Crippen LogP contribution in [0.15, 0.2) is 35.1 Å². The highest BCUT2D eigenvalue weighted by Gasteiger charge is 2.27. The van der Waals surface area contributed by atoms with E-state index in [9.17, 15) is 14.4 Å². The molecule has 3 rings (SSSR count). The Bertz CT molecular complexity index is 910. The number of hydrogen-bond donors (Lipinski definition) is 1. The lowest BCUT2D eigenvalue weighted by atomic mass is 10.1. The molecule has 0 atom stereocenters. The first-order valence-electron chi connectivity index (χ1n) is 8.84. The molecule has 0 saturated carbocycles. The topological polar surface area (TPSA) is 82.7 Å². The van der Waals surface area contributed by atoms with Gasteiger partial charge in [-0.2, -0.15) is 0 Å². The highest BCUT2D eigenvalue weighted by atomic mass is 16.5. The van der Waals surface area contributed by atoms with Crippen LogP contribution >= 0.6 is 0 Å². The van der Waals surface area contributed by atoms with Gasteiger partial charge in [-0.05, 0) is 49.7 Å². The Labute approximate surface area is 157 Å². The largest absolute Gasteiger partial charge is 0.497 e. The number of aromatic nitrogens is 1. The van der Waals surface area contributed by atoms with E-state index in [4.69, 9.17) is 4.74 Å². The summed E-state index contributed by atoms with van der Waals surface area (Å²) in [7, 11) is 1.58. The molecule has 1 aliphatic heterocycles. The number of ether oxygens (including phenoxy) is 1. The Hall–Kier alpha value is -3.09. The highest BCUT2D eigenvalue weighted by molar-refractivity contribution is 5.96. The fourth-order valence-corrected chi connectivity index (χ4v) is 3.08. The zero-order valence-electron chi connectivity index (χ0n) is 15.7. The fourth-order valence-electron chi connectivity index (χ4n) is 3.08. The van der Waals surface area contributed by atoms with Crippen molar-refractivity contribution in [2.45, 2.75) is 13.8 Å². The SMILES string of the molecule is COc1ccc(C(=O)N2CCN(C(=O)c3cc(C)c(C)[nH]c3=O)CC2)cc1. The monoisotopic (exact) mass is 369 g/mol. The summed E-state index contributed by atoms with van der Waals surface area (Å²) in [6, 6.07) is 8.59. The van der Waals surface area contributed by atoms with E-state index in [0.717, 1.165) is 11.3 Å². The van der Waals surface area contributed by atoms with Crippen molar-refractivity contribution < 1.29 is 14.3 Å². The zero-order chi connectivity index (χ0) is 19.6. The van der Waals surface area contributed by atoms with E-state index in [0.29, 0.717) is 37.5 Å². The van der Waals surface area contributed by atoms with E-state index in [-0.39, 0.29) is 22.9 Å². The summed E-state index contributed by atoms with van der Waals surface area (Å²) < 4.78 is 5.11. The van der Waals surface area contributed by atoms with Gasteiger partial charge >= 0.3 is 0 Å². The number of carbonyl (C=O) groups excluding carboxylic acids is 2. The standard InChI is InChI=1S/C20H23N3O4/c1-13-12-17(18(24)21-14(13)2)20(26)23-10-8-22(9-11-23)19(25)15-4-6-16(27-3)7-5-15/h4-7,12H,8-11H2,1-3H3,(H,21,24). The third-order valence-electron chi connectivity index (χ3n) is 4.92. The van der Waals surface area contributed by atoms with Gasteiger partial charge in [0.1, 0.15) is 11.3 Å². The predicted octanol–water partition coefficient (Wildman–Crippen LogP) is 1.60. The molecular formula is C20H23N3O4. The molecule has 142 valence electrons. The van der Waals surface area contributed by atoms with E-state index in [1.807, 2.05) is 6.92 Å². The first-order chi connectivity index (χ1) is 12.9. The van der Waals surface area contributed by atoms with Crippen molar-refractivity contribution in [3.63, 3.8) is 0 Å². The number of methoxy groups -OCH3 is 1. The number of H-pyrrole nitrogens is 1. The minimum Gasteiger partial charge on any atom is -0.497 e. The van der Waals surface area contributed by atoms with E-state index in [2.05, 4.69) is 4.98 Å². The second-order valence-corrected chi connectivity index (χ2v) is 6.63. The van der Waals surface area contributed by atoms with Crippen molar-refractivity contribution >= 4 is 11.8 Å². The number of rotatable bonds is 3. The minimum absolute atomic E-state index is 0.0752. The number of benzene rings is 1. The average molecular weight is 369 g/mol. The van der Waals surface area contributed by atoms with Crippen LogP contribution in [0.25, 0.3) is 0 Å². The van der Waals surface area contributed by atoms with E-state index < -0.39 is 0 Å². The van der Waals surface area contributed by atoms with Gasteiger partial charge in [-0.3, -0.25) is 14.4 Å². The number of pyridine rings is 1. The molecule has 1 aromatic carbocycles. The van der Waals surface area contributed by atoms with Crippen LogP contribution in [0.3, 0.4) is 0 Å². The van der Waals surface area contributed by atoms with Crippen LogP contribution in [0.5, 0.6) is 5.75 Å². The highest BCUT2D eigenvalue weighted by Crippen LogP contribution is 2.15. The van der Waals surface area contributed by atoms with Crippen LogP contribution in [0.2, 0.25) is 0 Å². The molecule has 0 unspecified atom stereocenters. The summed E-state index contributed by atoms with van der Waals surface area (Å²) in [5, 5.41) is 0. The van der Waals surface area contributed by atoms with Gasteiger partial charge in [0.25, 0.3) is 17.4 Å². The third-order valence-corrected chi connectivity index (χ3v) is 4.92. The predicted molar refractivity (Wildman–Crippen MR) is 101 cm³/mol. The Kier molecular flexibility index (Phi) is 5.30. The van der Waals surface area contributed by atoms with Gasteiger partial charge in [-0.15, -0.1) is 0 Å². The molecule has 1 aliphatic rings. The van der Waals surface area contributed by atoms with E-state index in [1.54, 1.807) is 54.2 Å². The van der Waals surface area contributed by atoms with Crippen LogP contribution < -0.4 is 10.3 Å². The quantitative estimate of drug-likeness (QED) is 0.891. The Balaban J connectivity index is 1.66. The Morgan fingerprint density at radius 2 is 1.52 bits per heavy atom. The molecule has 0 bridgehead atoms. The molecule has 1 saturated heterocycles. The van der Waals surface area contributed by atoms with Gasteiger partial charge in [0.15, 0.2) is 0 Å². The van der Waals surface area contributed by atoms with Crippen molar-refractivity contribution in [3.05, 3.63) is 63.1 Å². The molecule has 7 heteroatoms. The van der Waals surface area contributed by atoms with Crippen molar-refractivity contribution in [1.82, 2.24) is 14.8 Å². The van der Waals surface area contributed by atoms with Gasteiger partial charge in [0.2, 0.25) is 0 Å². The third kappa shape index (κ3) is 3.86. The number of nitrogens with zero attached hydrogens (tertiary/aromatic N) is 2. The molecule has 0 radical (unpaired) electrons. The van der Waals surface area contributed by atoms with Crippen LogP contribution in [0, 0.1) is 13.8 Å². The number of aryl methyl sites for hydroxylation is 2. The summed E-state index contributed by atoms with van der Waals surface area (Å²) in [6.07, 6.45) is 0. The Morgan fingerprint density at radius 3 is 2.07 bits per heavy atom. The van der Waals surface area contributed by atoms with Crippen molar-refractivity contribution in [3.8, 4) is 5.75 Å². The van der Waals surface area contributed by atoms with Gasteiger partial charge in [-0.25, -0.2) is 0 Å². The van der Waals surface area contributed by atoms with Gasteiger partial charge < -0.3 is 19.5 Å². The molecule has 1 fully saturated rings. The molecule has 7 nitrogen and oxygen atoms in total. The molecule has 1 N–H and O–H groups in total. The normalized spacial score (nSPS) is 14.2. The van der Waals surface area contributed by atoms with Crippen LogP contribution in [-0.2, 0) is 0 Å². The van der Waals surface area contributed by atoms with Crippen LogP contribution in [0.1, 0.15) is 32.0 Å². The Morgan fingerprint density at radius 1 is 0.963 bits per heavy atom. The van der Waals surface area contributed by atoms with Gasteiger partial charge in [0, 0.05) is 37.4 Å². The van der Waals surface area contributed by atoms with Crippen LogP contribution in [0.4, 0.5) is 0 Å². The lowest BCUT2D eigenvalue weighted by Gasteiger charge is -2.34. The molecular weight excluding hydrogens is 346 g/mol. The van der Waals surface area contributed by atoms with Gasteiger partial charge in [0.05, 0.1) is 7.11 Å². The number of carbonyl (C=O) groups is 2. The molecule has 2 heterocycles. The second-order valence-electron chi connectivity index (χ2n) is 6.63. The summed E-state index contributed by atoms with van der Waals surface area (Å²) in [5.41, 5.74) is 1.98. The smallest absolute Gasteiger partial charge is 0.261 e. The summed E-state index contributed by atoms with van der Waals surface area (Å²) in [4.78, 5) is 43.5. The first-order valence-corrected chi connectivity index (χ1v) is 8.84. The second kappa shape index (κ2) is 7.65. The molecule has 0 spiro atoms. The number of aromatic amines is 1. The number of nitrogens with one attached hydrogen (secondary N) is 1. The molecule has 2 amide bonds. The van der Waals surface area contributed by atoms with Gasteiger partial charge in [-0.1, -0.05) is 0 Å². The maximum atomic E-state index is 12.7. The molecule has 27 heavy (non-hydrogen) atoms. The lowest BCUT2D eigenvalue weighted by Crippen LogP contribution is -2.51. The number of piperazine rings is 1. The van der Waals surface area contributed by atoms with Crippen LogP contribution in [-0.4, -0.2) is 59.9 Å².